The van der Waals surface area contributed by atoms with Gasteiger partial charge in [-0.3, -0.25) is 14.4 Å². The molecule has 208 valence electrons. The van der Waals surface area contributed by atoms with Crippen LogP contribution in [0, 0.1) is 12.7 Å². The fourth-order valence-electron chi connectivity index (χ4n) is 3.57. The Morgan fingerprint density at radius 1 is 0.902 bits per heavy atom. The molecular formula is C31H24BrClFN3O3S. The highest BCUT2D eigenvalue weighted by Gasteiger charge is 2.17. The smallest absolute Gasteiger partial charge is 0.272 e. The molecule has 0 atom stereocenters. The van der Waals surface area contributed by atoms with E-state index in [1.165, 1.54) is 42.1 Å². The minimum Gasteiger partial charge on any atom is -0.325 e. The molecule has 0 heterocycles. The topological polar surface area (TPSA) is 87.3 Å². The average Bonchev–Trinajstić information content (AvgIpc) is 2.95. The van der Waals surface area contributed by atoms with Gasteiger partial charge in [-0.15, -0.1) is 11.8 Å². The molecule has 0 aliphatic rings. The molecule has 0 aliphatic carbocycles. The van der Waals surface area contributed by atoms with E-state index < -0.39 is 17.6 Å². The summed E-state index contributed by atoms with van der Waals surface area (Å²) in [7, 11) is 0. The normalized spacial score (nSPS) is 11.1. The van der Waals surface area contributed by atoms with Crippen molar-refractivity contribution in [3.63, 3.8) is 0 Å². The molecule has 0 saturated carbocycles. The third-order valence-electron chi connectivity index (χ3n) is 5.73. The summed E-state index contributed by atoms with van der Waals surface area (Å²) in [6, 6.07) is 24.9. The van der Waals surface area contributed by atoms with Crippen molar-refractivity contribution in [3.05, 3.63) is 129 Å². The van der Waals surface area contributed by atoms with E-state index in [1.807, 2.05) is 13.0 Å². The predicted molar refractivity (Wildman–Crippen MR) is 167 cm³/mol. The first kappa shape index (κ1) is 30.0. The molecule has 0 saturated heterocycles. The number of halogens is 3. The van der Waals surface area contributed by atoms with Crippen LogP contribution in [0.2, 0.25) is 5.02 Å². The second-order valence-corrected chi connectivity index (χ2v) is 11.2. The van der Waals surface area contributed by atoms with Crippen LogP contribution in [0.15, 0.2) is 106 Å². The zero-order valence-electron chi connectivity index (χ0n) is 21.7. The highest BCUT2D eigenvalue weighted by Crippen LogP contribution is 2.23. The predicted octanol–water partition coefficient (Wildman–Crippen LogP) is 7.69. The number of benzene rings is 4. The lowest BCUT2D eigenvalue weighted by Crippen LogP contribution is -2.31. The molecule has 0 spiro atoms. The minimum atomic E-state index is -0.750. The second-order valence-electron chi connectivity index (χ2n) is 8.82. The van der Waals surface area contributed by atoms with Gasteiger partial charge in [0.2, 0.25) is 5.91 Å². The van der Waals surface area contributed by atoms with Crippen molar-refractivity contribution in [2.45, 2.75) is 11.8 Å². The van der Waals surface area contributed by atoms with E-state index >= 15 is 0 Å². The van der Waals surface area contributed by atoms with E-state index in [1.54, 1.807) is 60.7 Å². The van der Waals surface area contributed by atoms with Gasteiger partial charge in [0.25, 0.3) is 11.8 Å². The van der Waals surface area contributed by atoms with E-state index in [2.05, 4.69) is 31.9 Å². The summed E-state index contributed by atoms with van der Waals surface area (Å²) in [6.07, 6.45) is 1.50. The van der Waals surface area contributed by atoms with Crippen molar-refractivity contribution >= 4 is 74.5 Å². The van der Waals surface area contributed by atoms with E-state index in [-0.39, 0.29) is 22.9 Å². The Bertz CT molecular complexity index is 1610. The fourth-order valence-corrected chi connectivity index (χ4v) is 4.71. The summed E-state index contributed by atoms with van der Waals surface area (Å²) < 4.78 is 15.0. The number of aryl methyl sites for hydroxylation is 1. The fraction of sp³-hybridized carbons (Fsp3) is 0.0645. The third kappa shape index (κ3) is 8.78. The minimum absolute atomic E-state index is 0.0630. The van der Waals surface area contributed by atoms with Gasteiger partial charge in [-0.05, 0) is 84.8 Å². The van der Waals surface area contributed by atoms with Crippen LogP contribution in [0.1, 0.15) is 21.5 Å². The zero-order chi connectivity index (χ0) is 29.4. The van der Waals surface area contributed by atoms with Crippen LogP contribution in [0.4, 0.5) is 15.8 Å². The van der Waals surface area contributed by atoms with Crippen LogP contribution in [0.3, 0.4) is 0 Å². The Morgan fingerprint density at radius 2 is 1.59 bits per heavy atom. The van der Waals surface area contributed by atoms with Crippen molar-refractivity contribution < 1.29 is 18.8 Å². The summed E-state index contributed by atoms with van der Waals surface area (Å²) in [5.41, 5.74) is 2.43. The number of rotatable bonds is 9. The Hall–Kier alpha value is -3.92. The van der Waals surface area contributed by atoms with Crippen molar-refractivity contribution in [2.24, 2.45) is 0 Å². The summed E-state index contributed by atoms with van der Waals surface area (Å²) in [4.78, 5) is 39.1. The average molecular weight is 653 g/mol. The molecular weight excluding hydrogens is 629 g/mol. The lowest BCUT2D eigenvalue weighted by molar-refractivity contribution is -0.114. The molecule has 0 aromatic heterocycles. The highest BCUT2D eigenvalue weighted by atomic mass is 79.9. The first-order valence-corrected chi connectivity index (χ1v) is 14.5. The standard InChI is InChI=1S/C31H24BrClFN3O3S/c1-19-6-11-23(17-26(19)33)35-29(38)18-41-24-14-12-22(13-15-24)36-31(40)28(16-20-7-9-21(32)10-8-20)37-30(39)25-4-2-3-5-27(25)34/h2-17H,18H2,1H3,(H,35,38)(H,36,40)(H,37,39)/b28-16+. The number of hydrogen-bond donors (Lipinski definition) is 3. The van der Waals surface area contributed by atoms with Crippen LogP contribution in [0.25, 0.3) is 6.08 Å². The van der Waals surface area contributed by atoms with Gasteiger partial charge in [-0.1, -0.05) is 57.9 Å². The van der Waals surface area contributed by atoms with Crippen molar-refractivity contribution in [3.8, 4) is 0 Å². The number of carbonyl (C=O) groups is 3. The van der Waals surface area contributed by atoms with Gasteiger partial charge in [-0.25, -0.2) is 4.39 Å². The van der Waals surface area contributed by atoms with Crippen LogP contribution >= 0.6 is 39.3 Å². The number of amides is 3. The van der Waals surface area contributed by atoms with E-state index in [4.69, 9.17) is 11.6 Å². The molecule has 0 unspecified atom stereocenters. The maximum absolute atomic E-state index is 14.2. The monoisotopic (exact) mass is 651 g/mol. The maximum atomic E-state index is 14.2. The molecule has 4 aromatic carbocycles. The molecule has 41 heavy (non-hydrogen) atoms. The molecule has 0 fully saturated rings. The largest absolute Gasteiger partial charge is 0.325 e. The summed E-state index contributed by atoms with van der Waals surface area (Å²) in [5.74, 6) is -2.04. The lowest BCUT2D eigenvalue weighted by atomic mass is 10.1. The Morgan fingerprint density at radius 3 is 2.27 bits per heavy atom. The number of anilines is 2. The quantitative estimate of drug-likeness (QED) is 0.128. The maximum Gasteiger partial charge on any atom is 0.272 e. The van der Waals surface area contributed by atoms with E-state index in [0.29, 0.717) is 22.0 Å². The summed E-state index contributed by atoms with van der Waals surface area (Å²) in [6.45, 7) is 1.89. The Kier molecular flexibility index (Phi) is 10.3. The van der Waals surface area contributed by atoms with Crippen LogP contribution in [-0.4, -0.2) is 23.5 Å². The first-order chi connectivity index (χ1) is 19.7. The molecule has 0 bridgehead atoms. The van der Waals surface area contributed by atoms with E-state index in [9.17, 15) is 18.8 Å². The molecule has 3 amide bonds. The van der Waals surface area contributed by atoms with Gasteiger partial charge in [-0.2, -0.15) is 0 Å². The van der Waals surface area contributed by atoms with Crippen molar-refractivity contribution in [1.82, 2.24) is 5.32 Å². The van der Waals surface area contributed by atoms with Crippen LogP contribution in [-0.2, 0) is 9.59 Å². The van der Waals surface area contributed by atoms with Gasteiger partial charge < -0.3 is 16.0 Å². The molecule has 6 nitrogen and oxygen atoms in total. The third-order valence-corrected chi connectivity index (χ3v) is 7.68. The molecule has 4 rings (SSSR count). The van der Waals surface area contributed by atoms with E-state index in [0.717, 1.165) is 14.9 Å². The Balaban J connectivity index is 1.41. The number of nitrogens with one attached hydrogen (secondary N) is 3. The van der Waals surface area contributed by atoms with Gasteiger partial charge in [0.1, 0.15) is 11.5 Å². The number of thioether (sulfide) groups is 1. The number of carbonyl (C=O) groups excluding carboxylic acids is 3. The summed E-state index contributed by atoms with van der Waals surface area (Å²) >= 11 is 10.8. The first-order valence-electron chi connectivity index (χ1n) is 12.3. The molecule has 4 aromatic rings. The Labute approximate surface area is 254 Å². The number of hydrogen-bond acceptors (Lipinski definition) is 4. The van der Waals surface area contributed by atoms with Crippen LogP contribution < -0.4 is 16.0 Å². The van der Waals surface area contributed by atoms with Crippen molar-refractivity contribution in [2.75, 3.05) is 16.4 Å². The molecule has 0 radical (unpaired) electrons. The summed E-state index contributed by atoms with van der Waals surface area (Å²) in [5, 5.41) is 8.68. The van der Waals surface area contributed by atoms with Crippen molar-refractivity contribution in [1.29, 1.82) is 0 Å². The molecule has 3 N–H and O–H groups in total. The van der Waals surface area contributed by atoms with Crippen LogP contribution in [0.5, 0.6) is 0 Å². The lowest BCUT2D eigenvalue weighted by Gasteiger charge is -2.12. The zero-order valence-corrected chi connectivity index (χ0v) is 24.9. The second kappa shape index (κ2) is 14.1. The molecule has 0 aliphatic heterocycles. The van der Waals surface area contributed by atoms with Gasteiger partial charge in [0, 0.05) is 25.8 Å². The van der Waals surface area contributed by atoms with Gasteiger partial charge in [0.15, 0.2) is 0 Å². The SMILES string of the molecule is Cc1ccc(NC(=O)CSc2ccc(NC(=O)/C(=C\c3ccc(Br)cc3)NC(=O)c3ccccc3F)cc2)cc1Cl. The highest BCUT2D eigenvalue weighted by molar-refractivity contribution is 9.10. The van der Waals surface area contributed by atoms with Gasteiger partial charge in [0.05, 0.1) is 11.3 Å². The van der Waals surface area contributed by atoms with Gasteiger partial charge >= 0.3 is 0 Å². The molecule has 10 heteroatoms.